The van der Waals surface area contributed by atoms with Crippen molar-refractivity contribution in [1.82, 2.24) is 0 Å². The molecule has 0 saturated carbocycles. The Balaban J connectivity index is 2.01. The zero-order valence-electron chi connectivity index (χ0n) is 14.9. The summed E-state index contributed by atoms with van der Waals surface area (Å²) >= 11 is 1.29. The molecule has 0 bridgehead atoms. The minimum absolute atomic E-state index is 0.275. The lowest BCUT2D eigenvalue weighted by Crippen LogP contribution is -2.20. The molecule has 1 unspecified atom stereocenters. The first-order valence-electron chi connectivity index (χ1n) is 8.64. The molecule has 2 heterocycles. The first-order chi connectivity index (χ1) is 12.9. The summed E-state index contributed by atoms with van der Waals surface area (Å²) in [5.41, 5.74) is 2.97. The molecule has 27 heavy (non-hydrogen) atoms. The van der Waals surface area contributed by atoms with Gasteiger partial charge in [-0.15, -0.1) is 11.3 Å². The van der Waals surface area contributed by atoms with Crippen molar-refractivity contribution >= 4 is 27.1 Å². The van der Waals surface area contributed by atoms with Crippen molar-refractivity contribution in [3.63, 3.8) is 0 Å². The maximum absolute atomic E-state index is 13.5. The largest absolute Gasteiger partial charge is 0.462 e. The van der Waals surface area contributed by atoms with Gasteiger partial charge in [-0.1, -0.05) is 42.0 Å². The molecular formula is C21H18O4S2. The van der Waals surface area contributed by atoms with Crippen LogP contribution in [0.25, 0.3) is 10.4 Å². The summed E-state index contributed by atoms with van der Waals surface area (Å²) in [6.07, 6.45) is 0. The van der Waals surface area contributed by atoms with Gasteiger partial charge in [-0.05, 0) is 43.2 Å². The highest BCUT2D eigenvalue weighted by atomic mass is 32.2. The average molecular weight is 399 g/mol. The second kappa shape index (κ2) is 6.62. The second-order valence-electron chi connectivity index (χ2n) is 6.45. The Kier molecular flexibility index (Phi) is 4.40. The molecule has 0 fully saturated rings. The number of carbonyl (C=O) groups is 1. The number of esters is 1. The van der Waals surface area contributed by atoms with Gasteiger partial charge in [0.25, 0.3) is 0 Å². The van der Waals surface area contributed by atoms with Gasteiger partial charge in [0.15, 0.2) is 9.84 Å². The van der Waals surface area contributed by atoms with Crippen molar-refractivity contribution in [2.75, 3.05) is 6.61 Å². The molecule has 0 spiro atoms. The molecule has 0 amide bonds. The molecule has 0 aliphatic carbocycles. The second-order valence-corrected chi connectivity index (χ2v) is 9.50. The van der Waals surface area contributed by atoms with Crippen LogP contribution < -0.4 is 0 Å². The van der Waals surface area contributed by atoms with E-state index in [1.165, 1.54) is 11.3 Å². The number of thiophene rings is 1. The van der Waals surface area contributed by atoms with Crippen molar-refractivity contribution in [3.05, 3.63) is 76.2 Å². The highest BCUT2D eigenvalue weighted by Gasteiger charge is 2.40. The Morgan fingerprint density at radius 1 is 1.11 bits per heavy atom. The molecule has 0 N–H and O–H groups in total. The summed E-state index contributed by atoms with van der Waals surface area (Å²) in [7, 11) is -3.64. The number of hydrogen-bond donors (Lipinski definition) is 0. The lowest BCUT2D eigenvalue weighted by Gasteiger charge is -2.26. The predicted molar refractivity (Wildman–Crippen MR) is 106 cm³/mol. The molecule has 1 aromatic heterocycles. The third-order valence-electron chi connectivity index (χ3n) is 4.62. The third-order valence-corrected chi connectivity index (χ3v) is 7.90. The van der Waals surface area contributed by atoms with Gasteiger partial charge in [0, 0.05) is 10.4 Å². The lowest BCUT2D eigenvalue weighted by molar-refractivity contribution is 0.0532. The van der Waals surface area contributed by atoms with E-state index >= 15 is 0 Å². The lowest BCUT2D eigenvalue weighted by atomic mass is 10.00. The molecule has 4 rings (SSSR count). The molecule has 0 radical (unpaired) electrons. The summed E-state index contributed by atoms with van der Waals surface area (Å²) in [6, 6.07) is 16.2. The van der Waals surface area contributed by atoms with Gasteiger partial charge < -0.3 is 4.74 Å². The van der Waals surface area contributed by atoms with E-state index in [1.54, 1.807) is 19.1 Å². The van der Waals surface area contributed by atoms with E-state index in [4.69, 9.17) is 4.74 Å². The van der Waals surface area contributed by atoms with E-state index < -0.39 is 21.1 Å². The number of ether oxygens (including phenoxy) is 1. The van der Waals surface area contributed by atoms with Crippen LogP contribution in [0.3, 0.4) is 0 Å². The van der Waals surface area contributed by atoms with E-state index in [0.29, 0.717) is 26.5 Å². The smallest absolute Gasteiger partial charge is 0.348 e. The van der Waals surface area contributed by atoms with Crippen LogP contribution in [-0.2, 0) is 14.6 Å². The van der Waals surface area contributed by atoms with Gasteiger partial charge in [-0.3, -0.25) is 0 Å². The highest BCUT2D eigenvalue weighted by Crippen LogP contribution is 2.51. The number of fused-ring (bicyclic) bond motifs is 3. The van der Waals surface area contributed by atoms with E-state index in [1.807, 2.05) is 49.4 Å². The molecule has 1 atom stereocenters. The van der Waals surface area contributed by atoms with Crippen LogP contribution in [0, 0.1) is 6.92 Å². The Bertz CT molecular complexity index is 1130. The SMILES string of the molecule is CCOC(=O)c1cc2c(s1)-c1cc(C)ccc1S(=O)(=O)C2c1ccccc1. The van der Waals surface area contributed by atoms with E-state index in [2.05, 4.69) is 0 Å². The number of hydrogen-bond acceptors (Lipinski definition) is 5. The van der Waals surface area contributed by atoms with Crippen molar-refractivity contribution < 1.29 is 17.9 Å². The molecule has 3 aromatic rings. The number of carbonyl (C=O) groups excluding carboxylic acids is 1. The van der Waals surface area contributed by atoms with Crippen LogP contribution in [0.15, 0.2) is 59.5 Å². The minimum Gasteiger partial charge on any atom is -0.462 e. The van der Waals surface area contributed by atoms with E-state index in [9.17, 15) is 13.2 Å². The summed E-state index contributed by atoms with van der Waals surface area (Å²) in [5, 5.41) is -0.830. The topological polar surface area (TPSA) is 60.4 Å². The van der Waals surface area contributed by atoms with Gasteiger partial charge in [0.05, 0.1) is 11.5 Å². The Hall–Kier alpha value is -2.44. The maximum atomic E-state index is 13.5. The predicted octanol–water partition coefficient (Wildman–Crippen LogP) is 4.78. The summed E-state index contributed by atoms with van der Waals surface area (Å²) in [4.78, 5) is 13.8. The number of rotatable bonds is 3. The first kappa shape index (κ1) is 17.9. The van der Waals surface area contributed by atoms with Crippen LogP contribution in [0.2, 0.25) is 0 Å². The van der Waals surface area contributed by atoms with E-state index in [0.717, 1.165) is 10.4 Å². The van der Waals surface area contributed by atoms with Crippen molar-refractivity contribution in [1.29, 1.82) is 0 Å². The Morgan fingerprint density at radius 3 is 2.56 bits per heavy atom. The Labute approximate surface area is 162 Å². The van der Waals surface area contributed by atoms with Crippen LogP contribution in [-0.4, -0.2) is 21.0 Å². The van der Waals surface area contributed by atoms with Crippen molar-refractivity contribution in [2.24, 2.45) is 0 Å². The standard InChI is InChI=1S/C21H18O4S2/c1-3-25-21(22)17-12-16-19(26-17)15-11-13(2)9-10-18(15)27(23,24)20(16)14-7-5-4-6-8-14/h4-12,20H,3H2,1-2H3. The van der Waals surface area contributed by atoms with Gasteiger partial charge in [0.1, 0.15) is 10.1 Å². The zero-order valence-corrected chi connectivity index (χ0v) is 16.6. The summed E-state index contributed by atoms with van der Waals surface area (Å²) in [5.74, 6) is -0.421. The van der Waals surface area contributed by atoms with Crippen molar-refractivity contribution in [3.8, 4) is 10.4 Å². The molecule has 1 aliphatic heterocycles. The molecular weight excluding hydrogens is 380 g/mol. The molecule has 6 heteroatoms. The number of aryl methyl sites for hydroxylation is 1. The monoisotopic (exact) mass is 398 g/mol. The summed E-state index contributed by atoms with van der Waals surface area (Å²) in [6.45, 7) is 3.95. The van der Waals surface area contributed by atoms with Gasteiger partial charge in [-0.25, -0.2) is 13.2 Å². The minimum atomic E-state index is -3.64. The van der Waals surface area contributed by atoms with Crippen molar-refractivity contribution in [2.45, 2.75) is 24.0 Å². The third kappa shape index (κ3) is 2.89. The van der Waals surface area contributed by atoms with Gasteiger partial charge in [0.2, 0.25) is 0 Å². The fourth-order valence-electron chi connectivity index (χ4n) is 3.46. The normalized spacial score (nSPS) is 17.0. The molecule has 1 aliphatic rings. The molecule has 2 aromatic carbocycles. The van der Waals surface area contributed by atoms with E-state index in [-0.39, 0.29) is 6.61 Å². The van der Waals surface area contributed by atoms with Crippen LogP contribution >= 0.6 is 11.3 Å². The fraction of sp³-hybridized carbons (Fsp3) is 0.190. The zero-order chi connectivity index (χ0) is 19.2. The number of benzene rings is 2. The van der Waals surface area contributed by atoms with Crippen LogP contribution in [0.4, 0.5) is 0 Å². The molecule has 4 nitrogen and oxygen atoms in total. The highest BCUT2D eigenvalue weighted by molar-refractivity contribution is 7.92. The molecule has 0 saturated heterocycles. The Morgan fingerprint density at radius 2 is 1.85 bits per heavy atom. The van der Waals surface area contributed by atoms with Crippen LogP contribution in [0.5, 0.6) is 0 Å². The maximum Gasteiger partial charge on any atom is 0.348 e. The van der Waals surface area contributed by atoms with Gasteiger partial charge >= 0.3 is 5.97 Å². The fourth-order valence-corrected chi connectivity index (χ4v) is 6.74. The quantitative estimate of drug-likeness (QED) is 0.596. The van der Waals surface area contributed by atoms with Crippen LogP contribution in [0.1, 0.15) is 38.5 Å². The number of sulfone groups is 1. The average Bonchev–Trinajstić information content (AvgIpc) is 3.07. The van der Waals surface area contributed by atoms with Gasteiger partial charge in [-0.2, -0.15) is 0 Å². The molecule has 138 valence electrons. The first-order valence-corrected chi connectivity index (χ1v) is 11.0. The summed E-state index contributed by atoms with van der Waals surface area (Å²) < 4.78 is 32.1.